The van der Waals surface area contributed by atoms with Gasteiger partial charge in [-0.25, -0.2) is 4.79 Å². The minimum absolute atomic E-state index is 0.0132. The van der Waals surface area contributed by atoms with Crippen LogP contribution >= 0.6 is 0 Å². The van der Waals surface area contributed by atoms with Crippen molar-refractivity contribution in [2.75, 3.05) is 59.2 Å². The van der Waals surface area contributed by atoms with E-state index in [0.29, 0.717) is 0 Å². The van der Waals surface area contributed by atoms with Gasteiger partial charge < -0.3 is 34.9 Å². The molecule has 0 saturated heterocycles. The fourth-order valence-electron chi connectivity index (χ4n) is 2.62. The van der Waals surface area contributed by atoms with E-state index in [1.807, 2.05) is 0 Å². The molecule has 0 radical (unpaired) electrons. The molecule has 1 aliphatic heterocycles. The number of carbonyl (C=O) groups excluding carboxylic acids is 5. The minimum atomic E-state index is -0.678. The van der Waals surface area contributed by atoms with E-state index in [2.05, 4.69) is 22.5 Å². The molecule has 0 aromatic rings. The van der Waals surface area contributed by atoms with Gasteiger partial charge in [-0.15, -0.1) is 0 Å². The molecule has 0 aromatic carbocycles. The highest BCUT2D eigenvalue weighted by Gasteiger charge is 2.22. The number of nitrogens with zero attached hydrogens (tertiary/aromatic N) is 1. The van der Waals surface area contributed by atoms with Gasteiger partial charge in [-0.05, 0) is 26.8 Å². The molecule has 1 aliphatic rings. The number of alkyl carbamates (subject to hydrolysis) is 1. The number of hydrogen-bond donors (Lipinski definition) is 3. The summed E-state index contributed by atoms with van der Waals surface area (Å²) in [5.41, 5.74) is -0.669. The molecule has 0 fully saturated rings. The van der Waals surface area contributed by atoms with E-state index in [1.54, 1.807) is 20.8 Å². The van der Waals surface area contributed by atoms with Crippen molar-refractivity contribution in [3.8, 4) is 0 Å². The highest BCUT2D eigenvalue weighted by atomic mass is 16.6. The number of amides is 5. The Morgan fingerprint density at radius 2 is 1.58 bits per heavy atom. The maximum atomic E-state index is 12.0. The van der Waals surface area contributed by atoms with E-state index in [1.165, 1.54) is 12.2 Å². The predicted molar refractivity (Wildman–Crippen MR) is 128 cm³/mol. The van der Waals surface area contributed by atoms with Gasteiger partial charge in [0.15, 0.2) is 0 Å². The Bertz CT molecular complexity index is 790. The van der Waals surface area contributed by atoms with Crippen LogP contribution in [0.4, 0.5) is 4.79 Å². The highest BCUT2D eigenvalue weighted by Crippen LogP contribution is 2.06. The molecule has 13 heteroatoms. The van der Waals surface area contributed by atoms with Crippen molar-refractivity contribution in [2.24, 2.45) is 0 Å². The normalized spacial score (nSPS) is 13.9. The first-order chi connectivity index (χ1) is 17.0. The van der Waals surface area contributed by atoms with Gasteiger partial charge in [-0.1, -0.05) is 6.58 Å². The SMILES string of the molecule is C=CC(=O)NCC(CNC(=O)OC(C)(C)C)OCC(=O)NCCOCCOCCN1C(=O)C=CC1=O. The summed E-state index contributed by atoms with van der Waals surface area (Å²) in [6, 6.07) is 0. The highest BCUT2D eigenvalue weighted by molar-refractivity contribution is 6.12. The summed E-state index contributed by atoms with van der Waals surface area (Å²) in [6.07, 6.45) is 2.21. The third-order valence-electron chi connectivity index (χ3n) is 4.31. The first kappa shape index (κ1) is 30.7. The summed E-state index contributed by atoms with van der Waals surface area (Å²) in [5.74, 6) is -1.53. The lowest BCUT2D eigenvalue weighted by atomic mass is 10.2. The van der Waals surface area contributed by atoms with Crippen LogP contribution in [0.1, 0.15) is 20.8 Å². The molecule has 1 atom stereocenters. The number of carbonyl (C=O) groups is 5. The smallest absolute Gasteiger partial charge is 0.407 e. The summed E-state index contributed by atoms with van der Waals surface area (Å²) in [5, 5.41) is 7.72. The van der Waals surface area contributed by atoms with Gasteiger partial charge in [0.05, 0.1) is 39.1 Å². The van der Waals surface area contributed by atoms with Crippen molar-refractivity contribution < 1.29 is 42.9 Å². The number of ether oxygens (including phenoxy) is 4. The van der Waals surface area contributed by atoms with Crippen molar-refractivity contribution in [3.05, 3.63) is 24.8 Å². The quantitative estimate of drug-likeness (QED) is 0.130. The number of imide groups is 1. The summed E-state index contributed by atoms with van der Waals surface area (Å²) in [4.78, 5) is 59.2. The molecule has 1 unspecified atom stereocenters. The monoisotopic (exact) mass is 512 g/mol. The van der Waals surface area contributed by atoms with E-state index in [-0.39, 0.29) is 71.0 Å². The molecule has 0 spiro atoms. The van der Waals surface area contributed by atoms with Crippen LogP contribution in [0.25, 0.3) is 0 Å². The van der Waals surface area contributed by atoms with Crippen LogP contribution in [-0.2, 0) is 38.1 Å². The van der Waals surface area contributed by atoms with E-state index in [9.17, 15) is 24.0 Å². The van der Waals surface area contributed by atoms with Crippen LogP contribution in [0.5, 0.6) is 0 Å². The lowest BCUT2D eigenvalue weighted by molar-refractivity contribution is -0.137. The predicted octanol–water partition coefficient (Wildman–Crippen LogP) is -0.727. The largest absolute Gasteiger partial charge is 0.444 e. The van der Waals surface area contributed by atoms with Crippen molar-refractivity contribution >= 4 is 29.7 Å². The van der Waals surface area contributed by atoms with Crippen LogP contribution < -0.4 is 16.0 Å². The second-order valence-electron chi connectivity index (χ2n) is 8.50. The molecule has 0 bridgehead atoms. The average Bonchev–Trinajstić information content (AvgIpc) is 3.13. The van der Waals surface area contributed by atoms with Crippen LogP contribution in [0.3, 0.4) is 0 Å². The third-order valence-corrected chi connectivity index (χ3v) is 4.31. The first-order valence-electron chi connectivity index (χ1n) is 11.5. The fourth-order valence-corrected chi connectivity index (χ4v) is 2.62. The summed E-state index contributed by atoms with van der Waals surface area (Å²) in [6.45, 7) is 9.70. The lowest BCUT2D eigenvalue weighted by Gasteiger charge is -2.22. The summed E-state index contributed by atoms with van der Waals surface area (Å²) < 4.78 is 21.3. The minimum Gasteiger partial charge on any atom is -0.444 e. The van der Waals surface area contributed by atoms with Crippen LogP contribution in [0, 0.1) is 0 Å². The van der Waals surface area contributed by atoms with Gasteiger partial charge >= 0.3 is 6.09 Å². The van der Waals surface area contributed by atoms with Gasteiger partial charge in [-0.3, -0.25) is 24.1 Å². The van der Waals surface area contributed by atoms with Gasteiger partial charge in [0.1, 0.15) is 12.2 Å². The zero-order valence-corrected chi connectivity index (χ0v) is 21.0. The molecular weight excluding hydrogens is 476 g/mol. The zero-order valence-electron chi connectivity index (χ0n) is 21.0. The molecule has 1 rings (SSSR count). The van der Waals surface area contributed by atoms with Crippen molar-refractivity contribution in [3.63, 3.8) is 0 Å². The van der Waals surface area contributed by atoms with Gasteiger partial charge in [0.25, 0.3) is 11.8 Å². The molecule has 0 aromatic heterocycles. The van der Waals surface area contributed by atoms with E-state index in [0.717, 1.165) is 11.0 Å². The average molecular weight is 513 g/mol. The van der Waals surface area contributed by atoms with E-state index < -0.39 is 29.6 Å². The standard InChI is InChI=1S/C23H36N4O9/c1-5-18(28)25-14-17(15-26-22(32)36-23(2,3)4)35-16-19(29)24-8-10-33-12-13-34-11-9-27-20(30)6-7-21(27)31/h5-7,17H,1,8-16H2,2-4H3,(H,24,29)(H,25,28)(H,26,32). The third kappa shape index (κ3) is 14.2. The second kappa shape index (κ2) is 16.4. The van der Waals surface area contributed by atoms with Gasteiger partial charge in [-0.2, -0.15) is 0 Å². The Morgan fingerprint density at radius 1 is 0.972 bits per heavy atom. The molecule has 0 aliphatic carbocycles. The van der Waals surface area contributed by atoms with E-state index in [4.69, 9.17) is 18.9 Å². The zero-order chi connectivity index (χ0) is 27.0. The Morgan fingerprint density at radius 3 is 2.19 bits per heavy atom. The molecule has 36 heavy (non-hydrogen) atoms. The number of nitrogens with one attached hydrogen (secondary N) is 3. The molecule has 202 valence electrons. The fraction of sp³-hybridized carbons (Fsp3) is 0.609. The van der Waals surface area contributed by atoms with Crippen molar-refractivity contribution in [1.29, 1.82) is 0 Å². The van der Waals surface area contributed by atoms with Gasteiger partial charge in [0.2, 0.25) is 11.8 Å². The molecule has 0 saturated carbocycles. The maximum absolute atomic E-state index is 12.0. The molecular formula is C23H36N4O9. The molecule has 3 N–H and O–H groups in total. The number of rotatable bonds is 17. The van der Waals surface area contributed by atoms with Crippen molar-refractivity contribution in [2.45, 2.75) is 32.5 Å². The van der Waals surface area contributed by atoms with E-state index >= 15 is 0 Å². The van der Waals surface area contributed by atoms with Gasteiger partial charge in [0, 0.05) is 31.8 Å². The lowest BCUT2D eigenvalue weighted by Crippen LogP contribution is -2.44. The van der Waals surface area contributed by atoms with Crippen LogP contribution in [-0.4, -0.2) is 106 Å². The van der Waals surface area contributed by atoms with Crippen LogP contribution in [0.2, 0.25) is 0 Å². The molecule has 5 amide bonds. The number of hydrogen-bond acceptors (Lipinski definition) is 9. The molecule has 1 heterocycles. The summed E-state index contributed by atoms with van der Waals surface area (Å²) in [7, 11) is 0. The first-order valence-corrected chi connectivity index (χ1v) is 11.5. The summed E-state index contributed by atoms with van der Waals surface area (Å²) >= 11 is 0. The molecule has 13 nitrogen and oxygen atoms in total. The van der Waals surface area contributed by atoms with Crippen molar-refractivity contribution in [1.82, 2.24) is 20.9 Å². The second-order valence-corrected chi connectivity index (χ2v) is 8.50. The van der Waals surface area contributed by atoms with Crippen LogP contribution in [0.15, 0.2) is 24.8 Å². The Kier molecular flexibility index (Phi) is 14.0. The Balaban J connectivity index is 2.17. The topological polar surface area (TPSA) is 162 Å². The maximum Gasteiger partial charge on any atom is 0.407 e. The Hall–Kier alpha value is -3.29. The Labute approximate surface area is 210 Å².